The van der Waals surface area contributed by atoms with E-state index in [1.807, 2.05) is 19.2 Å². The topological polar surface area (TPSA) is 69.6 Å². The predicted octanol–water partition coefficient (Wildman–Crippen LogP) is 1.32. The minimum atomic E-state index is 0.372. The SMILES string of the molecule is Cc1ccn(-c2nc(N)cnc2Br)n1. The third kappa shape index (κ3) is 1.60. The highest BCUT2D eigenvalue weighted by molar-refractivity contribution is 9.10. The second-order valence-electron chi connectivity index (χ2n) is 2.81. The zero-order valence-electron chi connectivity index (χ0n) is 7.48. The van der Waals surface area contributed by atoms with E-state index in [1.165, 1.54) is 6.20 Å². The van der Waals surface area contributed by atoms with E-state index in [1.54, 1.807) is 4.68 Å². The molecule has 2 aromatic heterocycles. The zero-order valence-corrected chi connectivity index (χ0v) is 9.06. The van der Waals surface area contributed by atoms with Crippen LogP contribution in [0.2, 0.25) is 0 Å². The molecule has 2 rings (SSSR count). The van der Waals surface area contributed by atoms with Crippen molar-refractivity contribution >= 4 is 21.7 Å². The maximum Gasteiger partial charge on any atom is 0.188 e. The van der Waals surface area contributed by atoms with Gasteiger partial charge in [0.15, 0.2) is 10.4 Å². The van der Waals surface area contributed by atoms with Gasteiger partial charge < -0.3 is 5.73 Å². The van der Waals surface area contributed by atoms with E-state index in [9.17, 15) is 0 Å². The van der Waals surface area contributed by atoms with Crippen molar-refractivity contribution in [1.29, 1.82) is 0 Å². The number of hydrogen-bond donors (Lipinski definition) is 1. The van der Waals surface area contributed by atoms with Gasteiger partial charge in [0, 0.05) is 6.20 Å². The molecule has 6 heteroatoms. The molecule has 0 radical (unpaired) electrons. The Hall–Kier alpha value is -1.43. The summed E-state index contributed by atoms with van der Waals surface area (Å²) >= 11 is 3.29. The molecule has 0 bridgehead atoms. The molecular formula is C8H8BrN5. The monoisotopic (exact) mass is 253 g/mol. The summed E-state index contributed by atoms with van der Waals surface area (Å²) in [6.07, 6.45) is 3.30. The lowest BCUT2D eigenvalue weighted by Crippen LogP contribution is -2.03. The summed E-state index contributed by atoms with van der Waals surface area (Å²) in [5.41, 5.74) is 6.45. The maximum absolute atomic E-state index is 5.54. The minimum absolute atomic E-state index is 0.372. The van der Waals surface area contributed by atoms with E-state index in [0.29, 0.717) is 16.2 Å². The molecule has 0 aliphatic rings. The lowest BCUT2D eigenvalue weighted by Gasteiger charge is -2.02. The number of aromatic nitrogens is 4. The van der Waals surface area contributed by atoms with Crippen molar-refractivity contribution in [3.63, 3.8) is 0 Å². The molecule has 14 heavy (non-hydrogen) atoms. The average molecular weight is 254 g/mol. The molecule has 0 amide bonds. The van der Waals surface area contributed by atoms with Crippen LogP contribution in [-0.2, 0) is 0 Å². The van der Waals surface area contributed by atoms with Gasteiger partial charge in [-0.1, -0.05) is 0 Å². The largest absolute Gasteiger partial charge is 0.382 e. The van der Waals surface area contributed by atoms with Gasteiger partial charge >= 0.3 is 0 Å². The summed E-state index contributed by atoms with van der Waals surface area (Å²) < 4.78 is 2.25. The van der Waals surface area contributed by atoms with Crippen molar-refractivity contribution in [1.82, 2.24) is 19.7 Å². The third-order valence-electron chi connectivity index (χ3n) is 1.67. The number of nitrogens with zero attached hydrogens (tertiary/aromatic N) is 4. The van der Waals surface area contributed by atoms with Gasteiger partial charge in [0.1, 0.15) is 5.82 Å². The molecular weight excluding hydrogens is 246 g/mol. The van der Waals surface area contributed by atoms with Crippen LogP contribution in [-0.4, -0.2) is 19.7 Å². The van der Waals surface area contributed by atoms with E-state index < -0.39 is 0 Å². The Morgan fingerprint density at radius 3 is 2.93 bits per heavy atom. The number of aryl methyl sites for hydroxylation is 1. The van der Waals surface area contributed by atoms with Crippen LogP contribution in [0.3, 0.4) is 0 Å². The molecule has 2 heterocycles. The molecule has 5 nitrogen and oxygen atoms in total. The van der Waals surface area contributed by atoms with Crippen LogP contribution in [0.15, 0.2) is 23.1 Å². The van der Waals surface area contributed by atoms with Gasteiger partial charge in [0.2, 0.25) is 0 Å². The summed E-state index contributed by atoms with van der Waals surface area (Å²) in [6.45, 7) is 1.91. The number of halogens is 1. The molecule has 0 aliphatic carbocycles. The van der Waals surface area contributed by atoms with Crippen molar-refractivity contribution in [2.75, 3.05) is 5.73 Å². The zero-order chi connectivity index (χ0) is 10.1. The molecule has 0 aromatic carbocycles. The summed E-state index contributed by atoms with van der Waals surface area (Å²) in [6, 6.07) is 1.89. The average Bonchev–Trinajstić information content (AvgIpc) is 2.56. The van der Waals surface area contributed by atoms with Crippen LogP contribution in [0.25, 0.3) is 5.82 Å². The summed E-state index contributed by atoms with van der Waals surface area (Å²) in [5.74, 6) is 0.967. The fraction of sp³-hybridized carbons (Fsp3) is 0.125. The van der Waals surface area contributed by atoms with E-state index >= 15 is 0 Å². The van der Waals surface area contributed by atoms with Gasteiger partial charge in [-0.15, -0.1) is 0 Å². The number of anilines is 1. The quantitative estimate of drug-likeness (QED) is 0.833. The van der Waals surface area contributed by atoms with Crippen LogP contribution >= 0.6 is 15.9 Å². The normalized spacial score (nSPS) is 10.4. The van der Waals surface area contributed by atoms with Gasteiger partial charge in [-0.05, 0) is 28.9 Å². The van der Waals surface area contributed by atoms with Crippen LogP contribution < -0.4 is 5.73 Å². The Morgan fingerprint density at radius 2 is 2.29 bits per heavy atom. The number of rotatable bonds is 1. The van der Waals surface area contributed by atoms with Gasteiger partial charge in [-0.3, -0.25) is 0 Å². The lowest BCUT2D eigenvalue weighted by atomic mass is 10.5. The molecule has 72 valence electrons. The molecule has 0 atom stereocenters. The van der Waals surface area contributed by atoms with Crippen molar-refractivity contribution in [2.45, 2.75) is 6.92 Å². The van der Waals surface area contributed by atoms with Crippen LogP contribution in [0.4, 0.5) is 5.82 Å². The maximum atomic E-state index is 5.54. The Morgan fingerprint density at radius 1 is 1.50 bits per heavy atom. The second kappa shape index (κ2) is 3.38. The van der Waals surface area contributed by atoms with Crippen LogP contribution in [0, 0.1) is 6.92 Å². The van der Waals surface area contributed by atoms with Gasteiger partial charge in [0.05, 0.1) is 11.9 Å². The lowest BCUT2D eigenvalue weighted by molar-refractivity contribution is 0.819. The van der Waals surface area contributed by atoms with Crippen molar-refractivity contribution in [2.24, 2.45) is 0 Å². The first-order valence-corrected chi connectivity index (χ1v) is 4.77. The van der Waals surface area contributed by atoms with E-state index in [-0.39, 0.29) is 0 Å². The highest BCUT2D eigenvalue weighted by Crippen LogP contribution is 2.16. The Kier molecular flexibility index (Phi) is 2.20. The Balaban J connectivity index is 2.55. The third-order valence-corrected chi connectivity index (χ3v) is 2.23. The molecule has 2 aromatic rings. The second-order valence-corrected chi connectivity index (χ2v) is 3.56. The number of hydrogen-bond acceptors (Lipinski definition) is 4. The predicted molar refractivity (Wildman–Crippen MR) is 56.0 cm³/mol. The summed E-state index contributed by atoms with van der Waals surface area (Å²) in [4.78, 5) is 8.16. The Bertz CT molecular complexity index is 465. The summed E-state index contributed by atoms with van der Waals surface area (Å²) in [5, 5.41) is 4.21. The smallest absolute Gasteiger partial charge is 0.188 e. The highest BCUT2D eigenvalue weighted by Gasteiger charge is 2.06. The van der Waals surface area contributed by atoms with Gasteiger partial charge in [-0.25, -0.2) is 14.6 Å². The molecule has 0 unspecified atom stereocenters. The van der Waals surface area contributed by atoms with E-state index in [2.05, 4.69) is 31.0 Å². The standard InChI is InChI=1S/C8H8BrN5/c1-5-2-3-14(13-5)8-7(9)11-4-6(10)12-8/h2-4H,1H3,(H2,10,12). The van der Waals surface area contributed by atoms with Crippen LogP contribution in [0.1, 0.15) is 5.69 Å². The van der Waals surface area contributed by atoms with Gasteiger partial charge in [-0.2, -0.15) is 5.10 Å². The number of nitrogens with two attached hydrogens (primary N) is 1. The highest BCUT2D eigenvalue weighted by atomic mass is 79.9. The Labute approximate surface area is 89.1 Å². The fourth-order valence-electron chi connectivity index (χ4n) is 1.06. The molecule has 0 spiro atoms. The first-order valence-electron chi connectivity index (χ1n) is 3.97. The molecule has 0 saturated heterocycles. The summed E-state index contributed by atoms with van der Waals surface area (Å²) in [7, 11) is 0. The molecule has 2 N–H and O–H groups in total. The fourth-order valence-corrected chi connectivity index (χ4v) is 1.43. The van der Waals surface area contributed by atoms with E-state index in [4.69, 9.17) is 5.73 Å². The minimum Gasteiger partial charge on any atom is -0.382 e. The molecule has 0 fully saturated rings. The van der Waals surface area contributed by atoms with Crippen LogP contribution in [0.5, 0.6) is 0 Å². The first kappa shape index (κ1) is 9.14. The number of nitrogen functional groups attached to an aromatic ring is 1. The van der Waals surface area contributed by atoms with Crippen molar-refractivity contribution in [3.05, 3.63) is 28.8 Å². The molecule has 0 saturated carbocycles. The molecule has 0 aliphatic heterocycles. The first-order chi connectivity index (χ1) is 6.66. The van der Waals surface area contributed by atoms with E-state index in [0.717, 1.165) is 5.69 Å². The van der Waals surface area contributed by atoms with Crippen molar-refractivity contribution < 1.29 is 0 Å². The van der Waals surface area contributed by atoms with Crippen molar-refractivity contribution in [3.8, 4) is 5.82 Å². The van der Waals surface area contributed by atoms with Gasteiger partial charge in [0.25, 0.3) is 0 Å².